The van der Waals surface area contributed by atoms with Crippen molar-refractivity contribution in [1.82, 2.24) is 14.9 Å². The summed E-state index contributed by atoms with van der Waals surface area (Å²) in [4.78, 5) is 4.21. The summed E-state index contributed by atoms with van der Waals surface area (Å²) in [5.41, 5.74) is 1.25. The summed E-state index contributed by atoms with van der Waals surface area (Å²) >= 11 is 0. The van der Waals surface area contributed by atoms with E-state index < -0.39 is 0 Å². The molecule has 4 nitrogen and oxygen atoms in total. The van der Waals surface area contributed by atoms with E-state index in [-0.39, 0.29) is 0 Å². The Kier molecular flexibility index (Phi) is 6.89. The van der Waals surface area contributed by atoms with Gasteiger partial charge in [0.1, 0.15) is 0 Å². The van der Waals surface area contributed by atoms with E-state index in [4.69, 9.17) is 4.74 Å². The summed E-state index contributed by atoms with van der Waals surface area (Å²) in [7, 11) is 1.72. The van der Waals surface area contributed by atoms with Gasteiger partial charge in [-0.3, -0.25) is 0 Å². The average Bonchev–Trinajstić information content (AvgIpc) is 2.72. The standard InChI is InChI=1S/C13H25N3O/c1-12(2)5-4-7-16-11-15-10-13(16)9-14-6-8-17-3/h10-12,14H,4-9H2,1-3H3. The van der Waals surface area contributed by atoms with E-state index in [1.165, 1.54) is 18.5 Å². The monoisotopic (exact) mass is 239 g/mol. The third-order valence-corrected chi connectivity index (χ3v) is 2.77. The van der Waals surface area contributed by atoms with Crippen molar-refractivity contribution in [3.8, 4) is 0 Å². The van der Waals surface area contributed by atoms with Gasteiger partial charge in [0.25, 0.3) is 0 Å². The number of aryl methyl sites for hydroxylation is 1. The van der Waals surface area contributed by atoms with E-state index in [1.807, 2.05) is 12.5 Å². The van der Waals surface area contributed by atoms with Crippen molar-refractivity contribution in [1.29, 1.82) is 0 Å². The first-order valence-corrected chi connectivity index (χ1v) is 6.42. The molecule has 0 aliphatic rings. The van der Waals surface area contributed by atoms with Crippen LogP contribution in [-0.4, -0.2) is 29.8 Å². The van der Waals surface area contributed by atoms with Gasteiger partial charge in [-0.1, -0.05) is 13.8 Å². The number of hydrogen-bond acceptors (Lipinski definition) is 3. The lowest BCUT2D eigenvalue weighted by molar-refractivity contribution is 0.199. The fourth-order valence-corrected chi connectivity index (χ4v) is 1.76. The van der Waals surface area contributed by atoms with Crippen molar-refractivity contribution in [3.05, 3.63) is 18.2 Å². The summed E-state index contributed by atoms with van der Waals surface area (Å²) < 4.78 is 7.24. The minimum Gasteiger partial charge on any atom is -0.383 e. The highest BCUT2D eigenvalue weighted by molar-refractivity contribution is 4.97. The molecule has 98 valence electrons. The quantitative estimate of drug-likeness (QED) is 0.670. The topological polar surface area (TPSA) is 39.1 Å². The first kappa shape index (κ1) is 14.2. The van der Waals surface area contributed by atoms with Crippen molar-refractivity contribution < 1.29 is 4.74 Å². The van der Waals surface area contributed by atoms with Crippen LogP contribution in [0.3, 0.4) is 0 Å². The van der Waals surface area contributed by atoms with Gasteiger partial charge in [0.15, 0.2) is 0 Å². The Labute approximate surface area is 104 Å². The molecule has 0 fully saturated rings. The number of hydrogen-bond donors (Lipinski definition) is 1. The van der Waals surface area contributed by atoms with Crippen molar-refractivity contribution in [2.75, 3.05) is 20.3 Å². The number of ether oxygens (including phenoxy) is 1. The van der Waals surface area contributed by atoms with Crippen LogP contribution in [0.2, 0.25) is 0 Å². The van der Waals surface area contributed by atoms with Gasteiger partial charge in [0.2, 0.25) is 0 Å². The zero-order valence-corrected chi connectivity index (χ0v) is 11.3. The van der Waals surface area contributed by atoms with Gasteiger partial charge in [-0.15, -0.1) is 0 Å². The number of aromatic nitrogens is 2. The number of nitrogens with one attached hydrogen (secondary N) is 1. The van der Waals surface area contributed by atoms with E-state index in [0.29, 0.717) is 0 Å². The van der Waals surface area contributed by atoms with Gasteiger partial charge in [-0.25, -0.2) is 4.98 Å². The predicted octanol–water partition coefficient (Wildman–Crippen LogP) is 2.06. The minimum absolute atomic E-state index is 0.751. The Morgan fingerprint density at radius 2 is 2.29 bits per heavy atom. The summed E-state index contributed by atoms with van der Waals surface area (Å²) in [6.07, 6.45) is 6.36. The van der Waals surface area contributed by atoms with Crippen molar-refractivity contribution in [2.24, 2.45) is 5.92 Å². The molecule has 0 spiro atoms. The molecule has 1 aromatic heterocycles. The molecule has 0 aliphatic heterocycles. The number of rotatable bonds is 9. The van der Waals surface area contributed by atoms with E-state index in [9.17, 15) is 0 Å². The lowest BCUT2D eigenvalue weighted by Gasteiger charge is -2.10. The van der Waals surface area contributed by atoms with Crippen LogP contribution in [0, 0.1) is 5.92 Å². The number of nitrogens with zero attached hydrogens (tertiary/aromatic N) is 2. The molecular formula is C13H25N3O. The summed E-state index contributed by atoms with van der Waals surface area (Å²) in [6, 6.07) is 0. The van der Waals surface area contributed by atoms with Gasteiger partial charge in [-0.2, -0.15) is 0 Å². The molecule has 1 rings (SSSR count). The van der Waals surface area contributed by atoms with Crippen LogP contribution < -0.4 is 5.32 Å². The molecule has 1 aromatic rings. The van der Waals surface area contributed by atoms with Crippen LogP contribution in [0.1, 0.15) is 32.4 Å². The fourth-order valence-electron chi connectivity index (χ4n) is 1.76. The van der Waals surface area contributed by atoms with Gasteiger partial charge >= 0.3 is 0 Å². The van der Waals surface area contributed by atoms with Gasteiger partial charge < -0.3 is 14.6 Å². The lowest BCUT2D eigenvalue weighted by atomic mass is 10.1. The maximum atomic E-state index is 5.00. The Bertz CT molecular complexity index is 297. The van der Waals surface area contributed by atoms with Gasteiger partial charge in [0.05, 0.1) is 18.6 Å². The molecule has 0 saturated heterocycles. The van der Waals surface area contributed by atoms with Gasteiger partial charge in [-0.05, 0) is 18.8 Å². The molecule has 0 atom stereocenters. The minimum atomic E-state index is 0.751. The van der Waals surface area contributed by atoms with Crippen LogP contribution in [0.25, 0.3) is 0 Å². The first-order valence-electron chi connectivity index (χ1n) is 6.42. The average molecular weight is 239 g/mol. The number of methoxy groups -OCH3 is 1. The third-order valence-electron chi connectivity index (χ3n) is 2.77. The van der Waals surface area contributed by atoms with Gasteiger partial charge in [0, 0.05) is 32.9 Å². The Morgan fingerprint density at radius 3 is 3.00 bits per heavy atom. The molecule has 0 amide bonds. The molecule has 0 aliphatic carbocycles. The van der Waals surface area contributed by atoms with Crippen molar-refractivity contribution in [3.63, 3.8) is 0 Å². The molecule has 4 heteroatoms. The first-order chi connectivity index (χ1) is 8.24. The zero-order valence-electron chi connectivity index (χ0n) is 11.3. The van der Waals surface area contributed by atoms with E-state index in [0.717, 1.165) is 32.2 Å². The molecule has 1 heterocycles. The molecule has 1 N–H and O–H groups in total. The highest BCUT2D eigenvalue weighted by atomic mass is 16.5. The molecule has 0 radical (unpaired) electrons. The summed E-state index contributed by atoms with van der Waals surface area (Å²) in [6.45, 7) is 8.10. The Hall–Kier alpha value is -0.870. The maximum absolute atomic E-state index is 5.00. The Balaban J connectivity index is 2.27. The van der Waals surface area contributed by atoms with E-state index in [2.05, 4.69) is 28.7 Å². The van der Waals surface area contributed by atoms with Crippen LogP contribution >= 0.6 is 0 Å². The molecule has 0 bridgehead atoms. The molecule has 0 unspecified atom stereocenters. The third kappa shape index (κ3) is 5.84. The molecule has 0 saturated carbocycles. The van der Waals surface area contributed by atoms with Crippen LogP contribution in [-0.2, 0) is 17.8 Å². The highest BCUT2D eigenvalue weighted by Gasteiger charge is 2.02. The Morgan fingerprint density at radius 1 is 1.47 bits per heavy atom. The lowest BCUT2D eigenvalue weighted by Crippen LogP contribution is -2.20. The summed E-state index contributed by atoms with van der Waals surface area (Å²) in [5.74, 6) is 0.779. The van der Waals surface area contributed by atoms with Crippen LogP contribution in [0.15, 0.2) is 12.5 Å². The highest BCUT2D eigenvalue weighted by Crippen LogP contribution is 2.07. The maximum Gasteiger partial charge on any atom is 0.0948 e. The second-order valence-corrected chi connectivity index (χ2v) is 4.78. The van der Waals surface area contributed by atoms with Crippen LogP contribution in [0.5, 0.6) is 0 Å². The second kappa shape index (κ2) is 8.25. The zero-order chi connectivity index (χ0) is 12.5. The van der Waals surface area contributed by atoms with E-state index >= 15 is 0 Å². The summed E-state index contributed by atoms with van der Waals surface area (Å²) in [5, 5.41) is 3.34. The number of imidazole rings is 1. The van der Waals surface area contributed by atoms with Crippen LogP contribution in [0.4, 0.5) is 0 Å². The predicted molar refractivity (Wildman–Crippen MR) is 69.9 cm³/mol. The SMILES string of the molecule is COCCNCc1cncn1CCCC(C)C. The van der Waals surface area contributed by atoms with Crippen molar-refractivity contribution >= 4 is 0 Å². The van der Waals surface area contributed by atoms with E-state index in [1.54, 1.807) is 7.11 Å². The largest absolute Gasteiger partial charge is 0.383 e. The van der Waals surface area contributed by atoms with Crippen molar-refractivity contribution in [2.45, 2.75) is 39.8 Å². The fraction of sp³-hybridized carbons (Fsp3) is 0.769. The molecule has 0 aromatic carbocycles. The second-order valence-electron chi connectivity index (χ2n) is 4.78. The smallest absolute Gasteiger partial charge is 0.0948 e. The molecule has 17 heavy (non-hydrogen) atoms. The molecular weight excluding hydrogens is 214 g/mol. The normalized spacial score (nSPS) is 11.3.